The summed E-state index contributed by atoms with van der Waals surface area (Å²) in [4.78, 5) is 11.8. The molecular formula is C13H13NO4S. The Bertz CT molecular complexity index is 682. The summed E-state index contributed by atoms with van der Waals surface area (Å²) in [6, 6.07) is 9.19. The van der Waals surface area contributed by atoms with Crippen molar-refractivity contribution in [1.82, 2.24) is 4.72 Å². The fourth-order valence-electron chi connectivity index (χ4n) is 1.52. The van der Waals surface area contributed by atoms with Crippen molar-refractivity contribution < 1.29 is 17.6 Å². The van der Waals surface area contributed by atoms with Gasteiger partial charge in [0.05, 0.1) is 4.90 Å². The van der Waals surface area contributed by atoms with E-state index >= 15 is 0 Å². The Morgan fingerprint density at radius 1 is 1.16 bits per heavy atom. The predicted octanol–water partition coefficient (Wildman–Crippen LogP) is 2.02. The Hall–Kier alpha value is -2.08. The first-order chi connectivity index (χ1) is 8.90. The van der Waals surface area contributed by atoms with Gasteiger partial charge in [0.1, 0.15) is 5.76 Å². The number of nitrogens with one attached hydrogen (secondary N) is 1. The van der Waals surface area contributed by atoms with Crippen molar-refractivity contribution in [3.8, 4) is 0 Å². The van der Waals surface area contributed by atoms with Crippen LogP contribution >= 0.6 is 0 Å². The highest BCUT2D eigenvalue weighted by Crippen LogP contribution is 2.14. The monoisotopic (exact) mass is 279 g/mol. The van der Waals surface area contributed by atoms with Crippen LogP contribution in [0, 0.1) is 13.8 Å². The molecule has 19 heavy (non-hydrogen) atoms. The van der Waals surface area contributed by atoms with E-state index in [0.29, 0.717) is 5.76 Å². The van der Waals surface area contributed by atoms with Crippen LogP contribution < -0.4 is 4.72 Å². The van der Waals surface area contributed by atoms with E-state index in [9.17, 15) is 13.2 Å². The maximum atomic E-state index is 11.9. The summed E-state index contributed by atoms with van der Waals surface area (Å²) in [6.45, 7) is 3.49. The summed E-state index contributed by atoms with van der Waals surface area (Å²) in [7, 11) is -3.87. The Morgan fingerprint density at radius 3 is 2.32 bits per heavy atom. The smallest absolute Gasteiger partial charge is 0.300 e. The molecule has 0 saturated carbocycles. The van der Waals surface area contributed by atoms with Gasteiger partial charge in [0.2, 0.25) is 0 Å². The molecule has 1 aromatic carbocycles. The van der Waals surface area contributed by atoms with Crippen molar-refractivity contribution in [2.45, 2.75) is 18.7 Å². The van der Waals surface area contributed by atoms with Gasteiger partial charge in [-0.05, 0) is 37.6 Å². The standard InChI is InChI=1S/C13H13NO4S/c1-9-8-12(18-10(9)2)13(15)14-19(16,17)11-6-4-3-5-7-11/h3-8H,1-2H3,(H,14,15). The number of carbonyl (C=O) groups is 1. The number of aryl methyl sites for hydroxylation is 2. The molecule has 0 fully saturated rings. The Balaban J connectivity index is 2.24. The zero-order chi connectivity index (χ0) is 14.0. The minimum Gasteiger partial charge on any atom is -0.456 e. The van der Waals surface area contributed by atoms with Crippen LogP contribution in [0.1, 0.15) is 21.9 Å². The van der Waals surface area contributed by atoms with E-state index in [2.05, 4.69) is 0 Å². The minimum atomic E-state index is -3.87. The number of furan rings is 1. The molecule has 0 atom stereocenters. The lowest BCUT2D eigenvalue weighted by atomic mass is 10.3. The lowest BCUT2D eigenvalue weighted by molar-refractivity contribution is 0.0953. The fraction of sp³-hybridized carbons (Fsp3) is 0.154. The first-order valence-corrected chi connectivity index (χ1v) is 7.08. The summed E-state index contributed by atoms with van der Waals surface area (Å²) in [5.74, 6) is -0.211. The molecule has 2 aromatic rings. The summed E-state index contributed by atoms with van der Waals surface area (Å²) in [5.41, 5.74) is 0.794. The van der Waals surface area contributed by atoms with Gasteiger partial charge in [0.15, 0.2) is 5.76 Å². The number of hydrogen-bond donors (Lipinski definition) is 1. The van der Waals surface area contributed by atoms with Gasteiger partial charge in [-0.15, -0.1) is 0 Å². The number of hydrogen-bond acceptors (Lipinski definition) is 4. The molecule has 6 heteroatoms. The fourth-order valence-corrected chi connectivity index (χ4v) is 2.49. The van der Waals surface area contributed by atoms with E-state index in [1.807, 2.05) is 4.72 Å². The average Bonchev–Trinajstić information content (AvgIpc) is 2.70. The number of benzene rings is 1. The molecule has 0 aliphatic rings. The van der Waals surface area contributed by atoms with Crippen LogP contribution in [-0.2, 0) is 10.0 Å². The largest absolute Gasteiger partial charge is 0.456 e. The van der Waals surface area contributed by atoms with Crippen LogP contribution in [0.15, 0.2) is 45.7 Å². The van der Waals surface area contributed by atoms with E-state index < -0.39 is 15.9 Å². The zero-order valence-corrected chi connectivity index (χ0v) is 11.3. The van der Waals surface area contributed by atoms with Gasteiger partial charge in [-0.25, -0.2) is 13.1 Å². The maximum absolute atomic E-state index is 11.9. The van der Waals surface area contributed by atoms with Gasteiger partial charge in [-0.3, -0.25) is 4.79 Å². The third-order valence-corrected chi connectivity index (χ3v) is 4.02. The van der Waals surface area contributed by atoms with E-state index in [1.165, 1.54) is 18.2 Å². The molecule has 1 amide bonds. The van der Waals surface area contributed by atoms with Crippen LogP contribution in [0.25, 0.3) is 0 Å². The molecule has 0 spiro atoms. The van der Waals surface area contributed by atoms with Crippen molar-refractivity contribution in [1.29, 1.82) is 0 Å². The number of rotatable bonds is 3. The number of sulfonamides is 1. The lowest BCUT2D eigenvalue weighted by Gasteiger charge is -2.04. The van der Waals surface area contributed by atoms with Gasteiger partial charge in [0.25, 0.3) is 10.0 Å². The van der Waals surface area contributed by atoms with Crippen LogP contribution in [0.2, 0.25) is 0 Å². The summed E-state index contributed by atoms with van der Waals surface area (Å²) >= 11 is 0. The van der Waals surface area contributed by atoms with Gasteiger partial charge in [0, 0.05) is 0 Å². The Kier molecular flexibility index (Phi) is 3.44. The molecule has 0 radical (unpaired) electrons. The van der Waals surface area contributed by atoms with Gasteiger partial charge in [-0.2, -0.15) is 0 Å². The highest BCUT2D eigenvalue weighted by atomic mass is 32.2. The van der Waals surface area contributed by atoms with Crippen LogP contribution in [0.4, 0.5) is 0 Å². The molecule has 0 aliphatic heterocycles. The molecule has 2 rings (SSSR count). The first kappa shape index (κ1) is 13.4. The third-order valence-electron chi connectivity index (χ3n) is 2.67. The molecular weight excluding hydrogens is 266 g/mol. The molecule has 5 nitrogen and oxygen atoms in total. The van der Waals surface area contributed by atoms with Crippen molar-refractivity contribution >= 4 is 15.9 Å². The molecule has 1 N–H and O–H groups in total. The quantitative estimate of drug-likeness (QED) is 0.932. The number of carbonyl (C=O) groups excluding carboxylic acids is 1. The molecule has 0 aliphatic carbocycles. The SMILES string of the molecule is Cc1cc(C(=O)NS(=O)(=O)c2ccccc2)oc1C. The highest BCUT2D eigenvalue weighted by Gasteiger charge is 2.21. The summed E-state index contributed by atoms with van der Waals surface area (Å²) in [5, 5.41) is 0. The molecule has 1 heterocycles. The molecule has 100 valence electrons. The van der Waals surface area contributed by atoms with Gasteiger partial charge < -0.3 is 4.42 Å². The summed E-state index contributed by atoms with van der Waals surface area (Å²) < 4.78 is 31.0. The molecule has 0 saturated heterocycles. The second-order valence-electron chi connectivity index (χ2n) is 4.10. The zero-order valence-electron chi connectivity index (χ0n) is 10.5. The topological polar surface area (TPSA) is 76.4 Å². The van der Waals surface area contributed by atoms with Crippen LogP contribution in [-0.4, -0.2) is 14.3 Å². The normalized spacial score (nSPS) is 11.3. The predicted molar refractivity (Wildman–Crippen MR) is 69.3 cm³/mol. The van der Waals surface area contributed by atoms with Gasteiger partial charge in [-0.1, -0.05) is 18.2 Å². The average molecular weight is 279 g/mol. The van der Waals surface area contributed by atoms with E-state index in [-0.39, 0.29) is 10.7 Å². The molecule has 0 unspecified atom stereocenters. The van der Waals surface area contributed by atoms with Crippen LogP contribution in [0.3, 0.4) is 0 Å². The van der Waals surface area contributed by atoms with E-state index in [4.69, 9.17) is 4.42 Å². The Labute approximate surface area is 111 Å². The molecule has 1 aromatic heterocycles. The number of amides is 1. The first-order valence-electron chi connectivity index (χ1n) is 5.59. The van der Waals surface area contributed by atoms with E-state index in [0.717, 1.165) is 5.56 Å². The van der Waals surface area contributed by atoms with E-state index in [1.54, 1.807) is 32.0 Å². The summed E-state index contributed by atoms with van der Waals surface area (Å²) in [6.07, 6.45) is 0. The minimum absolute atomic E-state index is 0.0190. The van der Waals surface area contributed by atoms with Crippen molar-refractivity contribution in [2.75, 3.05) is 0 Å². The molecule has 0 bridgehead atoms. The second-order valence-corrected chi connectivity index (χ2v) is 5.78. The van der Waals surface area contributed by atoms with Crippen LogP contribution in [0.5, 0.6) is 0 Å². The van der Waals surface area contributed by atoms with Crippen molar-refractivity contribution in [2.24, 2.45) is 0 Å². The highest BCUT2D eigenvalue weighted by molar-refractivity contribution is 7.90. The second kappa shape index (κ2) is 4.89. The maximum Gasteiger partial charge on any atom is 0.300 e. The van der Waals surface area contributed by atoms with Crippen molar-refractivity contribution in [3.05, 3.63) is 53.5 Å². The van der Waals surface area contributed by atoms with Crippen molar-refractivity contribution in [3.63, 3.8) is 0 Å². The lowest BCUT2D eigenvalue weighted by Crippen LogP contribution is -2.30. The van der Waals surface area contributed by atoms with Gasteiger partial charge >= 0.3 is 5.91 Å². The third kappa shape index (κ3) is 2.85. The Morgan fingerprint density at radius 2 is 1.79 bits per heavy atom.